The molecule has 138 valence electrons. The lowest BCUT2D eigenvalue weighted by molar-refractivity contribution is 0.0528. The van der Waals surface area contributed by atoms with Gasteiger partial charge in [0.2, 0.25) is 0 Å². The molecule has 1 amide bonds. The minimum atomic E-state index is -0.855. The number of rotatable bonds is 5. The number of nitrogens with one attached hydrogen (secondary N) is 1. The molecule has 1 aromatic heterocycles. The summed E-state index contributed by atoms with van der Waals surface area (Å²) in [6.45, 7) is 1.84. The van der Waals surface area contributed by atoms with Gasteiger partial charge < -0.3 is 10.1 Å². The lowest BCUT2D eigenvalue weighted by atomic mass is 10.1. The first-order valence-corrected chi connectivity index (χ1v) is 8.94. The van der Waals surface area contributed by atoms with Crippen LogP contribution < -0.4 is 5.32 Å². The molecule has 0 fully saturated rings. The van der Waals surface area contributed by atoms with Crippen LogP contribution in [-0.4, -0.2) is 18.5 Å². The van der Waals surface area contributed by atoms with Crippen LogP contribution in [0.2, 0.25) is 0 Å². The van der Waals surface area contributed by atoms with Gasteiger partial charge in [-0.3, -0.25) is 4.79 Å². The van der Waals surface area contributed by atoms with Crippen molar-refractivity contribution in [3.05, 3.63) is 77.4 Å². The molecule has 0 aliphatic carbocycles. The minimum Gasteiger partial charge on any atom is -0.462 e. The molecule has 0 unspecified atom stereocenters. The third-order valence-corrected chi connectivity index (χ3v) is 4.79. The van der Waals surface area contributed by atoms with Gasteiger partial charge in [0, 0.05) is 4.88 Å². The van der Waals surface area contributed by atoms with Crippen molar-refractivity contribution in [2.45, 2.75) is 6.92 Å². The van der Waals surface area contributed by atoms with Gasteiger partial charge in [0.15, 0.2) is 0 Å². The van der Waals surface area contributed by atoms with Crippen molar-refractivity contribution >= 4 is 28.2 Å². The Kier molecular flexibility index (Phi) is 5.61. The highest BCUT2D eigenvalue weighted by atomic mass is 32.1. The van der Waals surface area contributed by atoms with Gasteiger partial charge in [0.05, 0.1) is 17.7 Å². The standard InChI is InChI=1S/C20H15F2NO3S/c1-2-26-20(25)15-11-17(12-6-4-3-5-7-12)27-19(15)23-18(24)14-10-13(21)8-9-16(14)22/h3-11H,2H2,1H3,(H,23,24). The van der Waals surface area contributed by atoms with Crippen molar-refractivity contribution in [2.24, 2.45) is 0 Å². The van der Waals surface area contributed by atoms with E-state index < -0.39 is 29.1 Å². The highest BCUT2D eigenvalue weighted by Gasteiger charge is 2.21. The molecule has 0 bridgehead atoms. The van der Waals surface area contributed by atoms with E-state index in [4.69, 9.17) is 4.74 Å². The summed E-state index contributed by atoms with van der Waals surface area (Å²) in [6, 6.07) is 13.5. The first-order valence-electron chi connectivity index (χ1n) is 8.12. The minimum absolute atomic E-state index is 0.158. The fourth-order valence-electron chi connectivity index (χ4n) is 2.43. The molecular weight excluding hydrogens is 372 g/mol. The predicted molar refractivity (Wildman–Crippen MR) is 100 cm³/mol. The molecule has 3 rings (SSSR count). The molecule has 1 heterocycles. The number of hydrogen-bond acceptors (Lipinski definition) is 4. The van der Waals surface area contributed by atoms with Crippen LogP contribution in [0.15, 0.2) is 54.6 Å². The van der Waals surface area contributed by atoms with Crippen LogP contribution in [0.25, 0.3) is 10.4 Å². The van der Waals surface area contributed by atoms with E-state index >= 15 is 0 Å². The third-order valence-electron chi connectivity index (χ3n) is 3.69. The van der Waals surface area contributed by atoms with E-state index in [2.05, 4.69) is 5.32 Å². The van der Waals surface area contributed by atoms with E-state index in [0.717, 1.165) is 40.0 Å². The molecule has 0 spiro atoms. The van der Waals surface area contributed by atoms with Crippen LogP contribution in [0.3, 0.4) is 0 Å². The molecule has 0 aliphatic rings. The molecule has 1 N–H and O–H groups in total. The zero-order valence-electron chi connectivity index (χ0n) is 14.3. The molecule has 0 saturated heterocycles. The van der Waals surface area contributed by atoms with Gasteiger partial charge in [-0.1, -0.05) is 30.3 Å². The maximum atomic E-state index is 13.9. The van der Waals surface area contributed by atoms with Crippen LogP contribution in [0.1, 0.15) is 27.6 Å². The quantitative estimate of drug-likeness (QED) is 0.618. The second-order valence-corrected chi connectivity index (χ2v) is 6.57. The molecule has 3 aromatic rings. The molecule has 4 nitrogen and oxygen atoms in total. The van der Waals surface area contributed by atoms with Crippen LogP contribution in [0.5, 0.6) is 0 Å². The number of ether oxygens (including phenoxy) is 1. The van der Waals surface area contributed by atoms with Gasteiger partial charge in [0.25, 0.3) is 5.91 Å². The van der Waals surface area contributed by atoms with Crippen molar-refractivity contribution in [1.82, 2.24) is 0 Å². The smallest absolute Gasteiger partial charge is 0.341 e. The summed E-state index contributed by atoms with van der Waals surface area (Å²) in [5.41, 5.74) is 0.566. The number of esters is 1. The van der Waals surface area contributed by atoms with E-state index in [-0.39, 0.29) is 17.2 Å². The summed E-state index contributed by atoms with van der Waals surface area (Å²) in [5.74, 6) is -3.04. The Morgan fingerprint density at radius 3 is 2.48 bits per heavy atom. The van der Waals surface area contributed by atoms with E-state index in [0.29, 0.717) is 0 Å². The van der Waals surface area contributed by atoms with Gasteiger partial charge in [-0.25, -0.2) is 13.6 Å². The number of hydrogen-bond donors (Lipinski definition) is 1. The second kappa shape index (κ2) is 8.09. The number of halogens is 2. The Balaban J connectivity index is 1.97. The molecule has 2 aromatic carbocycles. The average molecular weight is 387 g/mol. The Morgan fingerprint density at radius 2 is 1.78 bits per heavy atom. The van der Waals surface area contributed by atoms with Crippen molar-refractivity contribution in [1.29, 1.82) is 0 Å². The van der Waals surface area contributed by atoms with E-state index in [1.807, 2.05) is 30.3 Å². The number of carbonyl (C=O) groups is 2. The molecule has 0 atom stereocenters. The maximum Gasteiger partial charge on any atom is 0.341 e. The predicted octanol–water partition coefficient (Wildman–Crippen LogP) is 5.12. The Labute approximate surface area is 158 Å². The highest BCUT2D eigenvalue weighted by Crippen LogP contribution is 2.36. The summed E-state index contributed by atoms with van der Waals surface area (Å²) in [6.07, 6.45) is 0. The number of amides is 1. The second-order valence-electron chi connectivity index (χ2n) is 5.52. The zero-order chi connectivity index (χ0) is 19.4. The summed E-state index contributed by atoms with van der Waals surface area (Å²) in [7, 11) is 0. The van der Waals surface area contributed by atoms with Crippen LogP contribution >= 0.6 is 11.3 Å². The van der Waals surface area contributed by atoms with Crippen LogP contribution in [0, 0.1) is 11.6 Å². The lowest BCUT2D eigenvalue weighted by Crippen LogP contribution is -2.15. The van der Waals surface area contributed by atoms with E-state index in [1.165, 1.54) is 0 Å². The summed E-state index contributed by atoms with van der Waals surface area (Å²) < 4.78 is 32.2. The fourth-order valence-corrected chi connectivity index (χ4v) is 3.48. The monoisotopic (exact) mass is 387 g/mol. The van der Waals surface area contributed by atoms with Gasteiger partial charge in [0.1, 0.15) is 16.6 Å². The summed E-state index contributed by atoms with van der Waals surface area (Å²) in [5, 5.41) is 2.71. The molecule has 7 heteroatoms. The van der Waals surface area contributed by atoms with Crippen LogP contribution in [-0.2, 0) is 4.74 Å². The highest BCUT2D eigenvalue weighted by molar-refractivity contribution is 7.20. The van der Waals surface area contributed by atoms with Crippen molar-refractivity contribution in [2.75, 3.05) is 11.9 Å². The van der Waals surface area contributed by atoms with E-state index in [1.54, 1.807) is 13.0 Å². The average Bonchev–Trinajstić information content (AvgIpc) is 3.08. The normalized spacial score (nSPS) is 10.5. The lowest BCUT2D eigenvalue weighted by Gasteiger charge is -2.07. The number of carbonyl (C=O) groups excluding carboxylic acids is 2. The number of anilines is 1. The van der Waals surface area contributed by atoms with Gasteiger partial charge in [-0.15, -0.1) is 11.3 Å². The number of benzene rings is 2. The molecule has 27 heavy (non-hydrogen) atoms. The van der Waals surface area contributed by atoms with E-state index in [9.17, 15) is 18.4 Å². The molecule has 0 radical (unpaired) electrons. The Hall–Kier alpha value is -3.06. The molecule has 0 saturated carbocycles. The van der Waals surface area contributed by atoms with Crippen molar-refractivity contribution in [3.63, 3.8) is 0 Å². The Morgan fingerprint density at radius 1 is 1.04 bits per heavy atom. The summed E-state index contributed by atoms with van der Waals surface area (Å²) >= 11 is 1.15. The van der Waals surface area contributed by atoms with Gasteiger partial charge in [-0.2, -0.15) is 0 Å². The fraction of sp³-hybridized carbons (Fsp3) is 0.100. The Bertz CT molecular complexity index is 986. The SMILES string of the molecule is CCOC(=O)c1cc(-c2ccccc2)sc1NC(=O)c1cc(F)ccc1F. The number of thiophene rings is 1. The summed E-state index contributed by atoms with van der Waals surface area (Å²) in [4.78, 5) is 25.4. The first-order chi connectivity index (χ1) is 13.0. The van der Waals surface area contributed by atoms with Crippen LogP contribution in [0.4, 0.5) is 13.8 Å². The third kappa shape index (κ3) is 4.20. The van der Waals surface area contributed by atoms with Gasteiger partial charge in [-0.05, 0) is 36.8 Å². The van der Waals surface area contributed by atoms with Gasteiger partial charge >= 0.3 is 5.97 Å². The molecule has 0 aliphatic heterocycles. The molecular formula is C20H15F2NO3S. The zero-order valence-corrected chi connectivity index (χ0v) is 15.1. The topological polar surface area (TPSA) is 55.4 Å². The largest absolute Gasteiger partial charge is 0.462 e. The first kappa shape index (κ1) is 18.7. The van der Waals surface area contributed by atoms with Crippen molar-refractivity contribution < 1.29 is 23.1 Å². The van der Waals surface area contributed by atoms with Crippen molar-refractivity contribution in [3.8, 4) is 10.4 Å². The maximum absolute atomic E-state index is 13.9.